The number of aliphatic hydroxyl groups excluding tert-OH is 1. The van der Waals surface area contributed by atoms with Crippen molar-refractivity contribution in [3.63, 3.8) is 0 Å². The maximum atomic E-state index is 13.1. The lowest BCUT2D eigenvalue weighted by Crippen LogP contribution is -2.59. The number of nitrogens with two attached hydrogens (primary N) is 1. The highest BCUT2D eigenvalue weighted by atomic mass is 16.4. The van der Waals surface area contributed by atoms with Crippen LogP contribution in [0.3, 0.4) is 0 Å². The number of rotatable bonds is 18. The Morgan fingerprint density at radius 2 is 1.25 bits per heavy atom. The van der Waals surface area contributed by atoms with E-state index in [1.807, 2.05) is 0 Å². The van der Waals surface area contributed by atoms with Crippen LogP contribution in [-0.2, 0) is 40.0 Å². The number of aromatic hydroxyl groups is 1. The van der Waals surface area contributed by atoms with E-state index >= 15 is 0 Å². The highest BCUT2D eigenvalue weighted by Gasteiger charge is 2.32. The van der Waals surface area contributed by atoms with Gasteiger partial charge < -0.3 is 52.7 Å². The molecule has 0 fully saturated rings. The Bertz CT molecular complexity index is 1190. The van der Waals surface area contributed by atoms with Crippen molar-refractivity contribution in [2.75, 3.05) is 13.2 Å². The van der Waals surface area contributed by atoms with Gasteiger partial charge in [-0.15, -0.1) is 0 Å². The highest BCUT2D eigenvalue weighted by Crippen LogP contribution is 2.12. The smallest absolute Gasteiger partial charge is 0.326 e. The van der Waals surface area contributed by atoms with Gasteiger partial charge in [-0.3, -0.25) is 28.8 Å². The predicted octanol–water partition coefficient (Wildman–Crippen LogP) is -3.06. The van der Waals surface area contributed by atoms with Crippen molar-refractivity contribution < 1.29 is 54.0 Å². The van der Waals surface area contributed by atoms with Crippen LogP contribution in [0.15, 0.2) is 24.3 Å². The average molecular weight is 625 g/mol. The quantitative estimate of drug-likeness (QED) is 0.0779. The number of carbonyl (C=O) groups is 7. The van der Waals surface area contributed by atoms with E-state index in [0.29, 0.717) is 5.56 Å². The van der Waals surface area contributed by atoms with E-state index in [2.05, 4.69) is 26.6 Å². The summed E-state index contributed by atoms with van der Waals surface area (Å²) in [5, 5.41) is 49.1. The molecule has 0 saturated carbocycles. The molecule has 0 aliphatic heterocycles. The predicted molar refractivity (Wildman–Crippen MR) is 153 cm³/mol. The van der Waals surface area contributed by atoms with Crippen LogP contribution in [0.5, 0.6) is 5.75 Å². The topological polar surface area (TPSA) is 287 Å². The lowest BCUT2D eigenvalue weighted by atomic mass is 10.0. The van der Waals surface area contributed by atoms with Crippen molar-refractivity contribution in [1.29, 1.82) is 0 Å². The van der Waals surface area contributed by atoms with Crippen molar-refractivity contribution in [2.24, 2.45) is 11.7 Å². The van der Waals surface area contributed by atoms with Gasteiger partial charge >= 0.3 is 11.9 Å². The normalized spacial score (nSPS) is 14.2. The minimum Gasteiger partial charge on any atom is -0.508 e. The summed E-state index contributed by atoms with van der Waals surface area (Å²) in [4.78, 5) is 85.8. The van der Waals surface area contributed by atoms with E-state index in [4.69, 9.17) is 10.8 Å². The lowest BCUT2D eigenvalue weighted by Gasteiger charge is -2.26. The lowest BCUT2D eigenvalue weighted by molar-refractivity contribution is -0.142. The average Bonchev–Trinajstić information content (AvgIpc) is 2.94. The summed E-state index contributed by atoms with van der Waals surface area (Å²) in [7, 11) is 0. The molecule has 0 aliphatic rings. The molecule has 17 heteroatoms. The summed E-state index contributed by atoms with van der Waals surface area (Å²) in [5.74, 6) is -7.55. The van der Waals surface area contributed by atoms with Crippen LogP contribution < -0.4 is 32.3 Å². The van der Waals surface area contributed by atoms with Crippen molar-refractivity contribution in [2.45, 2.75) is 70.2 Å². The fourth-order valence-electron chi connectivity index (χ4n) is 3.82. The van der Waals surface area contributed by atoms with Crippen molar-refractivity contribution in [1.82, 2.24) is 26.6 Å². The fraction of sp³-hybridized carbons (Fsp3) is 0.519. The molecule has 44 heavy (non-hydrogen) atoms. The van der Waals surface area contributed by atoms with Crippen molar-refractivity contribution >= 4 is 41.5 Å². The summed E-state index contributed by atoms with van der Waals surface area (Å²) in [5.41, 5.74) is 5.71. The van der Waals surface area contributed by atoms with Gasteiger partial charge in [0.1, 0.15) is 36.0 Å². The van der Waals surface area contributed by atoms with Gasteiger partial charge in [0, 0.05) is 6.42 Å². The molecular weight excluding hydrogens is 584 g/mol. The third-order valence-corrected chi connectivity index (χ3v) is 6.11. The summed E-state index contributed by atoms with van der Waals surface area (Å²) in [6.45, 7) is 3.30. The third kappa shape index (κ3) is 13.0. The molecule has 0 bridgehead atoms. The SMILES string of the molecule is CC(C)C[C@H](NC(=O)[C@H](CO)NC(=O)[C@H](CC(=O)O)NC(=O)CN)C(=O)N[C@@H](C)C(=O)N[C@@H](Cc1ccc(O)cc1)C(=O)O. The summed E-state index contributed by atoms with van der Waals surface area (Å²) in [6.07, 6.45) is -0.885. The van der Waals surface area contributed by atoms with Crippen LogP contribution in [0.1, 0.15) is 39.2 Å². The molecule has 0 radical (unpaired) electrons. The number of hydrogen-bond donors (Lipinski definition) is 10. The number of benzene rings is 1. The van der Waals surface area contributed by atoms with Crippen LogP contribution in [0.4, 0.5) is 0 Å². The molecule has 244 valence electrons. The number of aliphatic carboxylic acids is 2. The summed E-state index contributed by atoms with van der Waals surface area (Å²) in [6, 6.07) is -1.40. The molecular formula is C27H40N6O11. The first-order valence-corrected chi connectivity index (χ1v) is 13.6. The molecule has 0 aromatic heterocycles. The summed E-state index contributed by atoms with van der Waals surface area (Å²) >= 11 is 0. The summed E-state index contributed by atoms with van der Waals surface area (Å²) < 4.78 is 0. The zero-order valence-electron chi connectivity index (χ0n) is 24.5. The number of carboxylic acid groups (broad SMARTS) is 2. The Balaban J connectivity index is 2.93. The zero-order chi connectivity index (χ0) is 33.6. The van der Waals surface area contributed by atoms with E-state index in [-0.39, 0.29) is 24.5 Å². The van der Waals surface area contributed by atoms with E-state index in [1.165, 1.54) is 31.2 Å². The molecule has 1 rings (SSSR count). The number of nitrogens with one attached hydrogen (secondary N) is 5. The van der Waals surface area contributed by atoms with Crippen molar-refractivity contribution in [3.05, 3.63) is 29.8 Å². The molecule has 5 amide bonds. The Labute approximate surface area is 252 Å². The molecule has 0 unspecified atom stereocenters. The van der Waals surface area contributed by atoms with Crippen LogP contribution in [0.2, 0.25) is 0 Å². The first-order chi connectivity index (χ1) is 20.6. The van der Waals surface area contributed by atoms with Gasteiger partial charge in [0.05, 0.1) is 19.6 Å². The Kier molecular flexibility index (Phi) is 15.3. The van der Waals surface area contributed by atoms with Gasteiger partial charge in [-0.05, 0) is 37.0 Å². The molecule has 0 spiro atoms. The number of amides is 5. The maximum absolute atomic E-state index is 13.1. The Hall–Kier alpha value is -4.77. The van der Waals surface area contributed by atoms with E-state index in [1.54, 1.807) is 13.8 Å². The van der Waals surface area contributed by atoms with Gasteiger partial charge in [0.25, 0.3) is 0 Å². The second-order valence-electron chi connectivity index (χ2n) is 10.4. The van der Waals surface area contributed by atoms with Gasteiger partial charge in [-0.25, -0.2) is 4.79 Å². The van der Waals surface area contributed by atoms with Gasteiger partial charge in [-0.1, -0.05) is 26.0 Å². The fourth-order valence-corrected chi connectivity index (χ4v) is 3.82. The maximum Gasteiger partial charge on any atom is 0.326 e. The number of hydrogen-bond acceptors (Lipinski definition) is 10. The van der Waals surface area contributed by atoms with Crippen LogP contribution in [0.25, 0.3) is 0 Å². The van der Waals surface area contributed by atoms with Gasteiger partial charge in [0.2, 0.25) is 29.5 Å². The Morgan fingerprint density at radius 3 is 1.75 bits per heavy atom. The van der Waals surface area contributed by atoms with Crippen LogP contribution in [-0.4, -0.2) is 105 Å². The molecule has 0 heterocycles. The number of carboxylic acids is 2. The number of phenolic OH excluding ortho intramolecular Hbond substituents is 1. The van der Waals surface area contributed by atoms with E-state index < -0.39 is 91.3 Å². The first-order valence-electron chi connectivity index (χ1n) is 13.6. The van der Waals surface area contributed by atoms with Crippen molar-refractivity contribution in [3.8, 4) is 5.75 Å². The monoisotopic (exact) mass is 624 g/mol. The minimum absolute atomic E-state index is 0.0184. The molecule has 11 N–H and O–H groups in total. The van der Waals surface area contributed by atoms with Crippen LogP contribution in [0, 0.1) is 5.92 Å². The highest BCUT2D eigenvalue weighted by molar-refractivity contribution is 5.96. The second-order valence-corrected chi connectivity index (χ2v) is 10.4. The molecule has 0 saturated heterocycles. The zero-order valence-corrected chi connectivity index (χ0v) is 24.5. The van der Waals surface area contributed by atoms with E-state index in [0.717, 1.165) is 0 Å². The van der Waals surface area contributed by atoms with Crippen LogP contribution >= 0.6 is 0 Å². The first kappa shape index (κ1) is 37.3. The van der Waals surface area contributed by atoms with Gasteiger partial charge in [0.15, 0.2) is 0 Å². The van der Waals surface area contributed by atoms with E-state index in [9.17, 15) is 48.9 Å². The third-order valence-electron chi connectivity index (χ3n) is 6.11. The Morgan fingerprint density at radius 1 is 0.727 bits per heavy atom. The molecule has 1 aromatic rings. The minimum atomic E-state index is -1.65. The number of aliphatic hydroxyl groups is 1. The largest absolute Gasteiger partial charge is 0.508 e. The van der Waals surface area contributed by atoms with Gasteiger partial charge in [-0.2, -0.15) is 0 Å². The molecule has 5 atom stereocenters. The number of phenols is 1. The second kappa shape index (κ2) is 18.0. The molecule has 1 aromatic carbocycles. The number of carbonyl (C=O) groups excluding carboxylic acids is 5. The molecule has 17 nitrogen and oxygen atoms in total. The standard InChI is InChI=1S/C27H40N6O11/c1-13(2)8-17(31-26(42)20(12-34)33-25(41)18(10-22(37)38)30-21(36)11-28)24(40)29-14(3)23(39)32-19(27(43)44)9-15-4-6-16(35)7-5-15/h4-7,13-14,17-20,34-35H,8-12,28H2,1-3H3,(H,29,40)(H,30,36)(H,31,42)(H,32,39)(H,33,41)(H,37,38)(H,43,44)/t14-,17-,18-,19-,20-/m0/s1. The molecule has 0 aliphatic carbocycles.